The van der Waals surface area contributed by atoms with E-state index in [2.05, 4.69) is 15.9 Å². The van der Waals surface area contributed by atoms with Crippen LogP contribution in [0.2, 0.25) is 0 Å². The molecule has 5 nitrogen and oxygen atoms in total. The van der Waals surface area contributed by atoms with Crippen LogP contribution in [0.1, 0.15) is 30.9 Å². The van der Waals surface area contributed by atoms with Gasteiger partial charge in [-0.05, 0) is 37.1 Å². The van der Waals surface area contributed by atoms with Gasteiger partial charge in [0.15, 0.2) is 0 Å². The van der Waals surface area contributed by atoms with Crippen molar-refractivity contribution in [3.63, 3.8) is 0 Å². The number of nitriles is 1. The van der Waals surface area contributed by atoms with Crippen molar-refractivity contribution in [2.45, 2.75) is 25.1 Å². The Kier molecular flexibility index (Phi) is 5.62. The van der Waals surface area contributed by atoms with E-state index >= 15 is 0 Å². The SMILES string of the molecule is CCOC(=O)C1=C(C)OC(N)=C(C#N)C1c1cc(F)cc(CBr)c1. The molecule has 0 fully saturated rings. The fraction of sp³-hybridized carbons (Fsp3) is 0.294. The van der Waals surface area contributed by atoms with Gasteiger partial charge in [-0.2, -0.15) is 5.26 Å². The van der Waals surface area contributed by atoms with E-state index in [-0.39, 0.29) is 29.4 Å². The first-order chi connectivity index (χ1) is 11.4. The highest BCUT2D eigenvalue weighted by Crippen LogP contribution is 2.40. The number of hydrogen-bond donors (Lipinski definition) is 1. The van der Waals surface area contributed by atoms with Crippen molar-refractivity contribution >= 4 is 21.9 Å². The molecule has 0 radical (unpaired) electrons. The second kappa shape index (κ2) is 7.49. The minimum atomic E-state index is -0.837. The number of rotatable bonds is 4. The average molecular weight is 395 g/mol. The fourth-order valence-electron chi connectivity index (χ4n) is 2.61. The third kappa shape index (κ3) is 3.44. The monoisotopic (exact) mass is 394 g/mol. The van der Waals surface area contributed by atoms with Gasteiger partial charge in [0, 0.05) is 5.33 Å². The van der Waals surface area contributed by atoms with Crippen LogP contribution in [0.15, 0.2) is 41.0 Å². The lowest BCUT2D eigenvalue weighted by molar-refractivity contribution is -0.139. The van der Waals surface area contributed by atoms with Crippen LogP contribution in [0.25, 0.3) is 0 Å². The summed E-state index contributed by atoms with van der Waals surface area (Å²) >= 11 is 3.28. The molecule has 7 heteroatoms. The van der Waals surface area contributed by atoms with E-state index in [0.717, 1.165) is 0 Å². The highest BCUT2D eigenvalue weighted by molar-refractivity contribution is 9.08. The summed E-state index contributed by atoms with van der Waals surface area (Å²) in [6.45, 7) is 3.40. The number of halogens is 2. The largest absolute Gasteiger partial charge is 0.463 e. The Hall–Kier alpha value is -2.33. The van der Waals surface area contributed by atoms with E-state index in [1.165, 1.54) is 12.1 Å². The summed E-state index contributed by atoms with van der Waals surface area (Å²) in [5, 5.41) is 9.89. The number of nitrogens with two attached hydrogens (primary N) is 1. The highest BCUT2D eigenvalue weighted by atomic mass is 79.9. The molecule has 0 aliphatic carbocycles. The molecule has 0 spiro atoms. The Balaban J connectivity index is 2.67. The fourth-order valence-corrected chi connectivity index (χ4v) is 2.93. The molecule has 1 aliphatic rings. The Labute approximate surface area is 147 Å². The molecule has 24 heavy (non-hydrogen) atoms. The first-order valence-electron chi connectivity index (χ1n) is 7.23. The van der Waals surface area contributed by atoms with Gasteiger partial charge in [0.25, 0.3) is 0 Å². The number of alkyl halides is 1. The predicted octanol–water partition coefficient (Wildman–Crippen LogP) is 3.37. The third-order valence-corrected chi connectivity index (χ3v) is 4.22. The zero-order valence-corrected chi connectivity index (χ0v) is 14.8. The molecule has 0 aromatic heterocycles. The summed E-state index contributed by atoms with van der Waals surface area (Å²) in [6.07, 6.45) is 0. The van der Waals surface area contributed by atoms with Gasteiger partial charge in [-0.25, -0.2) is 9.18 Å². The smallest absolute Gasteiger partial charge is 0.338 e. The molecule has 0 saturated carbocycles. The van der Waals surface area contributed by atoms with Gasteiger partial charge >= 0.3 is 5.97 Å². The molecule has 0 amide bonds. The van der Waals surface area contributed by atoms with Crippen molar-refractivity contribution in [1.29, 1.82) is 5.26 Å². The second-order valence-corrected chi connectivity index (χ2v) is 5.70. The van der Waals surface area contributed by atoms with Gasteiger partial charge in [-0.15, -0.1) is 0 Å². The summed E-state index contributed by atoms with van der Waals surface area (Å²) in [4.78, 5) is 12.4. The predicted molar refractivity (Wildman–Crippen MR) is 89.0 cm³/mol. The number of ether oxygens (including phenoxy) is 2. The van der Waals surface area contributed by atoms with Gasteiger partial charge in [0.2, 0.25) is 5.88 Å². The van der Waals surface area contributed by atoms with Crippen molar-refractivity contribution < 1.29 is 18.7 Å². The molecule has 0 saturated heterocycles. The Morgan fingerprint density at radius 3 is 2.79 bits per heavy atom. The zero-order chi connectivity index (χ0) is 17.9. The maximum atomic E-state index is 14.0. The van der Waals surface area contributed by atoms with Gasteiger partial charge in [0.05, 0.1) is 18.1 Å². The zero-order valence-electron chi connectivity index (χ0n) is 13.2. The van der Waals surface area contributed by atoms with Crippen LogP contribution in [0.5, 0.6) is 0 Å². The van der Waals surface area contributed by atoms with Crippen LogP contribution >= 0.6 is 15.9 Å². The molecule has 1 atom stereocenters. The van der Waals surface area contributed by atoms with Gasteiger partial charge in [-0.1, -0.05) is 22.0 Å². The van der Waals surface area contributed by atoms with E-state index < -0.39 is 17.7 Å². The Bertz CT molecular complexity index is 781. The number of benzene rings is 1. The average Bonchev–Trinajstić information content (AvgIpc) is 2.53. The summed E-state index contributed by atoms with van der Waals surface area (Å²) in [5.41, 5.74) is 7.11. The number of esters is 1. The van der Waals surface area contributed by atoms with Crippen LogP contribution in [-0.4, -0.2) is 12.6 Å². The molecule has 0 bridgehead atoms. The molecular weight excluding hydrogens is 379 g/mol. The molecule has 1 heterocycles. The molecule has 126 valence electrons. The van der Waals surface area contributed by atoms with E-state index in [4.69, 9.17) is 15.2 Å². The topological polar surface area (TPSA) is 85.3 Å². The van der Waals surface area contributed by atoms with Crippen LogP contribution < -0.4 is 5.73 Å². The number of hydrogen-bond acceptors (Lipinski definition) is 5. The lowest BCUT2D eigenvalue weighted by Gasteiger charge is -2.27. The lowest BCUT2D eigenvalue weighted by atomic mass is 9.82. The van der Waals surface area contributed by atoms with Crippen molar-refractivity contribution in [2.75, 3.05) is 6.61 Å². The summed E-state index contributed by atoms with van der Waals surface area (Å²) in [5.74, 6) is -1.79. The molecule has 2 N–H and O–H groups in total. The van der Waals surface area contributed by atoms with E-state index in [1.807, 2.05) is 6.07 Å². The van der Waals surface area contributed by atoms with Crippen molar-refractivity contribution in [2.24, 2.45) is 5.73 Å². The van der Waals surface area contributed by atoms with Crippen molar-refractivity contribution in [3.05, 3.63) is 57.9 Å². The number of allylic oxidation sites excluding steroid dienone is 2. The summed E-state index contributed by atoms with van der Waals surface area (Å²) < 4.78 is 24.3. The normalized spacial score (nSPS) is 17.4. The van der Waals surface area contributed by atoms with Crippen molar-refractivity contribution in [3.8, 4) is 6.07 Å². The standard InChI is InChI=1S/C17H16BrFN2O3/c1-3-23-17(22)14-9(2)24-16(21)13(8-20)15(14)11-4-10(7-18)5-12(19)6-11/h4-6,15H,3,7,21H2,1-2H3. The maximum absolute atomic E-state index is 14.0. The lowest BCUT2D eigenvalue weighted by Crippen LogP contribution is -2.25. The van der Waals surface area contributed by atoms with Gasteiger partial charge < -0.3 is 15.2 Å². The molecule has 1 aromatic carbocycles. The van der Waals surface area contributed by atoms with Crippen LogP contribution in [-0.2, 0) is 19.6 Å². The quantitative estimate of drug-likeness (QED) is 0.624. The Morgan fingerprint density at radius 2 is 2.21 bits per heavy atom. The van der Waals surface area contributed by atoms with Crippen LogP contribution in [0, 0.1) is 17.1 Å². The van der Waals surface area contributed by atoms with Gasteiger partial charge in [0.1, 0.15) is 23.2 Å². The number of nitrogens with zero attached hydrogens (tertiary/aromatic N) is 1. The molecular formula is C17H16BrFN2O3. The maximum Gasteiger partial charge on any atom is 0.338 e. The van der Waals surface area contributed by atoms with Crippen LogP contribution in [0.3, 0.4) is 0 Å². The Morgan fingerprint density at radius 1 is 1.50 bits per heavy atom. The van der Waals surface area contributed by atoms with E-state index in [1.54, 1.807) is 19.9 Å². The highest BCUT2D eigenvalue weighted by Gasteiger charge is 2.36. The summed E-state index contributed by atoms with van der Waals surface area (Å²) in [6, 6.07) is 6.32. The van der Waals surface area contributed by atoms with Crippen molar-refractivity contribution in [1.82, 2.24) is 0 Å². The molecule has 1 aliphatic heterocycles. The molecule has 2 rings (SSSR count). The van der Waals surface area contributed by atoms with Gasteiger partial charge in [-0.3, -0.25) is 0 Å². The van der Waals surface area contributed by atoms with Crippen LogP contribution in [0.4, 0.5) is 4.39 Å². The molecule has 1 aromatic rings. The summed E-state index contributed by atoms with van der Waals surface area (Å²) in [7, 11) is 0. The minimum Gasteiger partial charge on any atom is -0.463 e. The first-order valence-corrected chi connectivity index (χ1v) is 8.35. The van der Waals surface area contributed by atoms with E-state index in [9.17, 15) is 14.4 Å². The number of carbonyl (C=O) groups excluding carboxylic acids is 1. The molecule has 1 unspecified atom stereocenters. The first kappa shape index (κ1) is 18.0. The minimum absolute atomic E-state index is 0.0507. The number of carbonyl (C=O) groups is 1. The third-order valence-electron chi connectivity index (χ3n) is 3.57. The van der Waals surface area contributed by atoms with E-state index in [0.29, 0.717) is 16.5 Å². The second-order valence-electron chi connectivity index (χ2n) is 5.14.